The molecule has 0 bridgehead atoms. The van der Waals surface area contributed by atoms with Gasteiger partial charge in [0.25, 0.3) is 0 Å². The van der Waals surface area contributed by atoms with Gasteiger partial charge < -0.3 is 21.9 Å². The van der Waals surface area contributed by atoms with E-state index < -0.39 is 5.82 Å². The summed E-state index contributed by atoms with van der Waals surface area (Å²) in [6.45, 7) is 0. The van der Waals surface area contributed by atoms with Crippen LogP contribution in [-0.4, -0.2) is 19.9 Å². The van der Waals surface area contributed by atoms with Gasteiger partial charge in [0.1, 0.15) is 11.5 Å². The van der Waals surface area contributed by atoms with E-state index in [0.29, 0.717) is 40.3 Å². The van der Waals surface area contributed by atoms with E-state index in [9.17, 15) is 0 Å². The molecule has 4 heterocycles. The number of allylic oxidation sites excluding steroid dienone is 3. The molecule has 8 nitrogen and oxygen atoms in total. The summed E-state index contributed by atoms with van der Waals surface area (Å²) < 4.78 is 15.6. The predicted octanol–water partition coefficient (Wildman–Crippen LogP) is 2.32. The number of imidazole rings is 1. The maximum absolute atomic E-state index is 15.6. The van der Waals surface area contributed by atoms with Crippen LogP contribution in [0.3, 0.4) is 0 Å². The van der Waals surface area contributed by atoms with E-state index >= 15 is 4.39 Å². The Bertz CT molecular complexity index is 1220. The molecular weight excluding hydrogens is 371 g/mol. The first-order valence-corrected chi connectivity index (χ1v) is 8.93. The molecule has 0 unspecified atom stereocenters. The molecule has 0 amide bonds. The van der Waals surface area contributed by atoms with E-state index in [-0.39, 0.29) is 5.69 Å². The lowest BCUT2D eigenvalue weighted by atomic mass is 10.0. The second-order valence-electron chi connectivity index (χ2n) is 6.77. The monoisotopic (exact) mass is 388 g/mol. The molecule has 1 aliphatic carbocycles. The van der Waals surface area contributed by atoms with Crippen LogP contribution in [0.4, 0.5) is 15.8 Å². The van der Waals surface area contributed by atoms with Gasteiger partial charge in [-0.15, -0.1) is 0 Å². The van der Waals surface area contributed by atoms with Crippen molar-refractivity contribution in [3.63, 3.8) is 0 Å². The molecular formula is C20H17FN8. The summed E-state index contributed by atoms with van der Waals surface area (Å²) in [6.07, 6.45) is 12.4. The first-order chi connectivity index (χ1) is 14.1. The van der Waals surface area contributed by atoms with Gasteiger partial charge in [-0.1, -0.05) is 6.08 Å². The van der Waals surface area contributed by atoms with Crippen molar-refractivity contribution in [1.29, 1.82) is 0 Å². The van der Waals surface area contributed by atoms with Gasteiger partial charge in [-0.3, -0.25) is 15.4 Å². The van der Waals surface area contributed by atoms with E-state index in [1.165, 1.54) is 12.4 Å². The highest BCUT2D eigenvalue weighted by Crippen LogP contribution is 2.36. The fourth-order valence-electron chi connectivity index (χ4n) is 3.43. The Morgan fingerprint density at radius 1 is 1.14 bits per heavy atom. The molecule has 7 N–H and O–H groups in total. The van der Waals surface area contributed by atoms with Gasteiger partial charge in [0.15, 0.2) is 5.82 Å². The Labute approximate surface area is 165 Å². The molecule has 3 aromatic rings. The van der Waals surface area contributed by atoms with Crippen LogP contribution in [0.15, 0.2) is 48.7 Å². The minimum Gasteiger partial charge on any atom is -0.402 e. The zero-order chi connectivity index (χ0) is 20.0. The van der Waals surface area contributed by atoms with Crippen LogP contribution in [-0.2, 0) is 6.42 Å². The lowest BCUT2D eigenvalue weighted by Gasteiger charge is -2.21. The number of hydrogen-bond acceptors (Lipinski definition) is 7. The van der Waals surface area contributed by atoms with Gasteiger partial charge in [0, 0.05) is 47.5 Å². The van der Waals surface area contributed by atoms with Crippen molar-refractivity contribution >= 4 is 23.0 Å². The molecule has 0 spiro atoms. The number of fused-ring (bicyclic) bond motifs is 2. The van der Waals surface area contributed by atoms with E-state index in [4.69, 9.17) is 11.5 Å². The minimum absolute atomic E-state index is 0.165. The zero-order valence-electron chi connectivity index (χ0n) is 15.2. The number of nitrogens with two attached hydrogens (primary N) is 2. The van der Waals surface area contributed by atoms with Gasteiger partial charge in [0.05, 0.1) is 28.8 Å². The Balaban J connectivity index is 1.63. The first kappa shape index (κ1) is 17.0. The highest BCUT2D eigenvalue weighted by molar-refractivity contribution is 5.87. The van der Waals surface area contributed by atoms with E-state index in [0.717, 1.165) is 17.1 Å². The summed E-state index contributed by atoms with van der Waals surface area (Å²) in [5.74, 6) is 0.0445. The quantitative estimate of drug-likeness (QED) is 0.455. The molecule has 0 aromatic carbocycles. The fourth-order valence-corrected chi connectivity index (χ4v) is 3.43. The summed E-state index contributed by atoms with van der Waals surface area (Å²) in [5.41, 5.74) is 22.5. The molecule has 0 radical (unpaired) electrons. The predicted molar refractivity (Wildman–Crippen MR) is 109 cm³/mol. The van der Waals surface area contributed by atoms with Crippen molar-refractivity contribution in [1.82, 2.24) is 25.4 Å². The minimum atomic E-state index is -0.489. The molecule has 144 valence electrons. The SMILES string of the molecule is NC1=CC=Cc2nc(C3=CNNc4cnc(-c5cncc(N)c5)c(F)c43)[nH]c2C1. The average Bonchev–Trinajstić information content (AvgIpc) is 3.01. The third-order valence-electron chi connectivity index (χ3n) is 4.76. The van der Waals surface area contributed by atoms with Crippen LogP contribution in [0.1, 0.15) is 22.8 Å². The second kappa shape index (κ2) is 6.48. The van der Waals surface area contributed by atoms with Crippen molar-refractivity contribution < 1.29 is 4.39 Å². The molecule has 2 aliphatic rings. The molecule has 0 atom stereocenters. The van der Waals surface area contributed by atoms with Crippen molar-refractivity contribution in [2.24, 2.45) is 5.73 Å². The highest BCUT2D eigenvalue weighted by atomic mass is 19.1. The normalized spacial score (nSPS) is 14.7. The van der Waals surface area contributed by atoms with Crippen LogP contribution in [0.2, 0.25) is 0 Å². The Morgan fingerprint density at radius 3 is 2.90 bits per heavy atom. The van der Waals surface area contributed by atoms with Gasteiger partial charge in [-0.25, -0.2) is 9.37 Å². The summed E-state index contributed by atoms with van der Waals surface area (Å²) in [7, 11) is 0. The lowest BCUT2D eigenvalue weighted by molar-refractivity contribution is 0.621. The summed E-state index contributed by atoms with van der Waals surface area (Å²) >= 11 is 0. The van der Waals surface area contributed by atoms with Crippen LogP contribution in [0.5, 0.6) is 0 Å². The largest absolute Gasteiger partial charge is 0.402 e. The second-order valence-corrected chi connectivity index (χ2v) is 6.77. The average molecular weight is 388 g/mol. The van der Waals surface area contributed by atoms with E-state index in [1.54, 1.807) is 18.5 Å². The van der Waals surface area contributed by atoms with Crippen LogP contribution in [0.25, 0.3) is 22.9 Å². The number of H-pyrrole nitrogens is 1. The number of nitrogens with zero attached hydrogens (tertiary/aromatic N) is 3. The number of hydrogen-bond donors (Lipinski definition) is 5. The molecule has 3 aromatic heterocycles. The smallest absolute Gasteiger partial charge is 0.159 e. The number of nitrogen functional groups attached to an aromatic ring is 1. The highest BCUT2D eigenvalue weighted by Gasteiger charge is 2.25. The van der Waals surface area contributed by atoms with Crippen molar-refractivity contribution in [2.75, 3.05) is 11.2 Å². The first-order valence-electron chi connectivity index (χ1n) is 8.93. The molecule has 1 aliphatic heterocycles. The topological polar surface area (TPSA) is 131 Å². The van der Waals surface area contributed by atoms with Gasteiger partial charge >= 0.3 is 0 Å². The Kier molecular flexibility index (Phi) is 3.80. The summed E-state index contributed by atoms with van der Waals surface area (Å²) in [5, 5.41) is 0. The number of rotatable bonds is 2. The Morgan fingerprint density at radius 2 is 2.03 bits per heavy atom. The standard InChI is InChI=1S/C20H17FN8/c21-18-17-13(20-27-14-3-1-2-11(22)5-15(14)28-20)8-26-29-16(17)9-25-19(18)10-4-12(23)7-24-6-10/h1-4,6-9,26,29H,5,22-23H2,(H,27,28). The number of aromatic amines is 1. The Hall–Kier alpha value is -4.14. The number of hydrazine groups is 1. The van der Waals surface area contributed by atoms with Crippen LogP contribution < -0.4 is 22.3 Å². The summed E-state index contributed by atoms with van der Waals surface area (Å²) in [4.78, 5) is 16.2. The maximum atomic E-state index is 15.6. The van der Waals surface area contributed by atoms with Crippen LogP contribution >= 0.6 is 0 Å². The molecule has 29 heavy (non-hydrogen) atoms. The van der Waals surface area contributed by atoms with Crippen molar-refractivity contribution in [2.45, 2.75) is 6.42 Å². The molecule has 0 fully saturated rings. The van der Waals surface area contributed by atoms with Gasteiger partial charge in [-0.05, 0) is 18.2 Å². The van der Waals surface area contributed by atoms with Gasteiger partial charge in [0.2, 0.25) is 0 Å². The van der Waals surface area contributed by atoms with Gasteiger partial charge in [-0.2, -0.15) is 0 Å². The molecule has 9 heteroatoms. The van der Waals surface area contributed by atoms with Crippen molar-refractivity contribution in [3.05, 3.63) is 77.3 Å². The maximum Gasteiger partial charge on any atom is 0.159 e. The third kappa shape index (κ3) is 2.89. The number of halogens is 1. The molecule has 0 saturated heterocycles. The molecule has 0 saturated carbocycles. The van der Waals surface area contributed by atoms with Crippen LogP contribution in [0, 0.1) is 5.82 Å². The summed E-state index contributed by atoms with van der Waals surface area (Å²) in [6, 6.07) is 1.64. The lowest BCUT2D eigenvalue weighted by Crippen LogP contribution is -2.22. The van der Waals surface area contributed by atoms with Crippen molar-refractivity contribution in [3.8, 4) is 11.3 Å². The zero-order valence-corrected chi connectivity index (χ0v) is 15.2. The number of anilines is 2. The molecule has 5 rings (SSSR count). The fraction of sp³-hybridized carbons (Fsp3) is 0.0500. The number of nitrogens with one attached hydrogen (secondary N) is 3. The van der Waals surface area contributed by atoms with E-state index in [2.05, 4.69) is 30.8 Å². The number of pyridine rings is 2. The third-order valence-corrected chi connectivity index (χ3v) is 4.76. The number of aromatic nitrogens is 4. The van der Waals surface area contributed by atoms with E-state index in [1.807, 2.05) is 18.2 Å².